The van der Waals surface area contributed by atoms with Gasteiger partial charge >= 0.3 is 0 Å². The van der Waals surface area contributed by atoms with Crippen molar-refractivity contribution in [3.05, 3.63) is 34.3 Å². The van der Waals surface area contributed by atoms with E-state index < -0.39 is 0 Å². The van der Waals surface area contributed by atoms with Gasteiger partial charge in [-0.05, 0) is 38.3 Å². The number of ether oxygens (including phenoxy) is 1. The molecule has 0 aromatic carbocycles. The Morgan fingerprint density at radius 1 is 1.24 bits per heavy atom. The van der Waals surface area contributed by atoms with Crippen molar-refractivity contribution in [2.45, 2.75) is 44.7 Å². The van der Waals surface area contributed by atoms with Crippen LogP contribution in [0.5, 0.6) is 5.75 Å². The Kier molecular flexibility index (Phi) is 5.69. The number of methoxy groups -OCH3 is 1. The quantitative estimate of drug-likeness (QED) is 0.573. The van der Waals surface area contributed by atoms with E-state index in [0.717, 1.165) is 70.2 Å². The number of rotatable bonds is 5. The summed E-state index contributed by atoms with van der Waals surface area (Å²) in [7, 11) is 1.67. The van der Waals surface area contributed by atoms with Crippen LogP contribution in [0, 0.1) is 13.8 Å². The molecule has 0 saturated carbocycles. The summed E-state index contributed by atoms with van der Waals surface area (Å²) >= 11 is 1.58. The van der Waals surface area contributed by atoms with Crippen LogP contribution in [0.2, 0.25) is 0 Å². The van der Waals surface area contributed by atoms with E-state index in [1.807, 2.05) is 35.7 Å². The van der Waals surface area contributed by atoms with Gasteiger partial charge < -0.3 is 15.4 Å². The zero-order chi connectivity index (χ0) is 23.1. The molecule has 1 fully saturated rings. The van der Waals surface area contributed by atoms with Gasteiger partial charge in [0.05, 0.1) is 30.4 Å². The van der Waals surface area contributed by atoms with Crippen LogP contribution in [0.1, 0.15) is 41.8 Å². The summed E-state index contributed by atoms with van der Waals surface area (Å²) in [6, 6.07) is 0. The number of pyridine rings is 1. The van der Waals surface area contributed by atoms with Gasteiger partial charge in [0.15, 0.2) is 5.65 Å². The zero-order valence-electron chi connectivity index (χ0n) is 19.1. The molecule has 172 valence electrons. The highest BCUT2D eigenvalue weighted by Gasteiger charge is 2.24. The molecule has 0 spiro atoms. The molecule has 0 radical (unpaired) electrons. The van der Waals surface area contributed by atoms with E-state index in [4.69, 9.17) is 15.6 Å². The highest BCUT2D eigenvalue weighted by Crippen LogP contribution is 2.36. The molecule has 9 nitrogen and oxygen atoms in total. The van der Waals surface area contributed by atoms with Crippen molar-refractivity contribution in [1.29, 1.82) is 0 Å². The summed E-state index contributed by atoms with van der Waals surface area (Å²) in [6.07, 6.45) is 6.40. The van der Waals surface area contributed by atoms with E-state index in [0.29, 0.717) is 24.4 Å². The molecule has 1 amide bonds. The van der Waals surface area contributed by atoms with Crippen LogP contribution in [-0.2, 0) is 11.3 Å². The first kappa shape index (κ1) is 21.7. The van der Waals surface area contributed by atoms with Crippen molar-refractivity contribution in [3.8, 4) is 5.75 Å². The lowest BCUT2D eigenvalue weighted by Gasteiger charge is -2.16. The van der Waals surface area contributed by atoms with Crippen molar-refractivity contribution in [3.63, 3.8) is 0 Å². The monoisotopic (exact) mass is 465 g/mol. The van der Waals surface area contributed by atoms with Crippen LogP contribution >= 0.6 is 11.8 Å². The largest absolute Gasteiger partial charge is 0.496 e. The van der Waals surface area contributed by atoms with E-state index in [1.54, 1.807) is 18.9 Å². The maximum absolute atomic E-state index is 12.7. The molecule has 0 bridgehead atoms. The van der Waals surface area contributed by atoms with E-state index in [1.165, 1.54) is 0 Å². The molecule has 3 aromatic rings. The molecule has 2 aliphatic heterocycles. The number of aryl methyl sites for hydroxylation is 1. The Balaban J connectivity index is 1.53. The Bertz CT molecular complexity index is 1280. The molecule has 0 atom stereocenters. The van der Waals surface area contributed by atoms with Gasteiger partial charge in [0.25, 0.3) is 0 Å². The second-order valence-electron chi connectivity index (χ2n) is 8.53. The zero-order valence-corrected chi connectivity index (χ0v) is 19.9. The fourth-order valence-electron chi connectivity index (χ4n) is 4.54. The fourth-order valence-corrected chi connectivity index (χ4v) is 5.55. The number of hydrogen-bond donors (Lipinski definition) is 1. The molecule has 5 heterocycles. The van der Waals surface area contributed by atoms with Crippen molar-refractivity contribution in [2.75, 3.05) is 31.7 Å². The van der Waals surface area contributed by atoms with E-state index >= 15 is 0 Å². The van der Waals surface area contributed by atoms with Crippen LogP contribution < -0.4 is 10.5 Å². The summed E-state index contributed by atoms with van der Waals surface area (Å²) in [6.45, 7) is 6.11. The fraction of sp³-hybridized carbons (Fsp3) is 0.435. The first-order chi connectivity index (χ1) is 15.9. The predicted molar refractivity (Wildman–Crippen MR) is 128 cm³/mol. The number of carbonyl (C=O) groups excluding carboxylic acids is 1. The lowest BCUT2D eigenvalue weighted by molar-refractivity contribution is -0.129. The average molecular weight is 466 g/mol. The third kappa shape index (κ3) is 4.03. The number of anilines is 1. The minimum atomic E-state index is 0.179. The van der Waals surface area contributed by atoms with Gasteiger partial charge in [-0.2, -0.15) is 10.1 Å². The summed E-state index contributed by atoms with van der Waals surface area (Å²) < 4.78 is 7.38. The second kappa shape index (κ2) is 8.66. The third-order valence-electron chi connectivity index (χ3n) is 6.22. The Labute approximate surface area is 196 Å². The molecular formula is C23H27N7O2S. The Morgan fingerprint density at radius 2 is 2.03 bits per heavy atom. The third-order valence-corrected chi connectivity index (χ3v) is 7.31. The maximum Gasteiger partial charge on any atom is 0.226 e. The minimum absolute atomic E-state index is 0.179. The number of likely N-dealkylation sites (tertiary alicyclic amines) is 1. The Hall–Kier alpha value is -3.14. The molecule has 1 saturated heterocycles. The molecule has 2 aliphatic rings. The molecule has 33 heavy (non-hydrogen) atoms. The lowest BCUT2D eigenvalue weighted by atomic mass is 10.1. The summed E-state index contributed by atoms with van der Waals surface area (Å²) in [5.41, 5.74) is 11.3. The standard InChI is InChI=1S/C23H27N7O2S/c1-13-10-25-17(14(2)20(13)32-3)11-30-21-19-16(28-30)8-15(9-18(31)29-6-4-5-7-29)12-33-22(19)27-23(24)26-21/h8,10H,4-7,9,11-12H2,1-3H3,(H2,24,26,27). The smallest absolute Gasteiger partial charge is 0.226 e. The summed E-state index contributed by atoms with van der Waals surface area (Å²) in [5.74, 6) is 1.89. The molecule has 2 N–H and O–H groups in total. The van der Waals surface area contributed by atoms with Gasteiger partial charge in [-0.15, -0.1) is 11.8 Å². The Morgan fingerprint density at radius 3 is 2.79 bits per heavy atom. The molecule has 10 heteroatoms. The van der Waals surface area contributed by atoms with Crippen LogP contribution in [0.15, 0.2) is 16.8 Å². The van der Waals surface area contributed by atoms with E-state index in [9.17, 15) is 4.79 Å². The predicted octanol–water partition coefficient (Wildman–Crippen LogP) is 2.98. The van der Waals surface area contributed by atoms with Crippen LogP contribution in [0.3, 0.4) is 0 Å². The van der Waals surface area contributed by atoms with Gasteiger partial charge in [-0.3, -0.25) is 9.78 Å². The molecule has 0 aliphatic carbocycles. The average Bonchev–Trinajstić information content (AvgIpc) is 3.39. The van der Waals surface area contributed by atoms with Crippen molar-refractivity contribution >= 4 is 40.7 Å². The summed E-state index contributed by atoms with van der Waals surface area (Å²) in [4.78, 5) is 28.3. The van der Waals surface area contributed by atoms with Gasteiger partial charge in [0, 0.05) is 42.6 Å². The number of carbonyl (C=O) groups is 1. The van der Waals surface area contributed by atoms with Crippen LogP contribution in [0.25, 0.3) is 17.1 Å². The highest BCUT2D eigenvalue weighted by atomic mass is 32.2. The number of amides is 1. The molecular weight excluding hydrogens is 438 g/mol. The van der Waals surface area contributed by atoms with Gasteiger partial charge in [0.1, 0.15) is 10.8 Å². The highest BCUT2D eigenvalue weighted by molar-refractivity contribution is 7.99. The topological polar surface area (TPSA) is 112 Å². The van der Waals surface area contributed by atoms with Gasteiger partial charge in [0.2, 0.25) is 11.9 Å². The molecule has 5 rings (SSSR count). The normalized spacial score (nSPS) is 15.6. The first-order valence-corrected chi connectivity index (χ1v) is 12.1. The number of nitrogen functional groups attached to an aromatic ring is 1. The number of aromatic nitrogens is 5. The van der Waals surface area contributed by atoms with Crippen molar-refractivity contribution in [2.24, 2.45) is 0 Å². The maximum atomic E-state index is 12.7. The SMILES string of the molecule is COc1c(C)cnc(Cn2nc3c4c(nc(N)nc42)SCC(CC(=O)N2CCCC2)=C3)c1C. The van der Waals surface area contributed by atoms with Crippen LogP contribution in [0.4, 0.5) is 5.95 Å². The van der Waals surface area contributed by atoms with Gasteiger partial charge in [-0.25, -0.2) is 9.67 Å². The number of nitrogens with zero attached hydrogens (tertiary/aromatic N) is 6. The number of nitrogens with two attached hydrogens (primary N) is 1. The molecule has 0 unspecified atom stereocenters. The van der Waals surface area contributed by atoms with E-state index in [2.05, 4.69) is 15.0 Å². The van der Waals surface area contributed by atoms with Crippen LogP contribution in [-0.4, -0.2) is 61.5 Å². The van der Waals surface area contributed by atoms with E-state index in [-0.39, 0.29) is 11.9 Å². The minimum Gasteiger partial charge on any atom is -0.496 e. The number of hydrogen-bond acceptors (Lipinski definition) is 8. The van der Waals surface area contributed by atoms with Gasteiger partial charge in [-0.1, -0.05) is 0 Å². The molecule has 3 aromatic heterocycles. The first-order valence-electron chi connectivity index (χ1n) is 11.1. The van der Waals surface area contributed by atoms with Crippen molar-refractivity contribution < 1.29 is 9.53 Å². The summed E-state index contributed by atoms with van der Waals surface area (Å²) in [5, 5.41) is 6.52. The number of thioether (sulfide) groups is 1. The second-order valence-corrected chi connectivity index (χ2v) is 9.49. The lowest BCUT2D eigenvalue weighted by Crippen LogP contribution is -2.27. The van der Waals surface area contributed by atoms with Crippen molar-refractivity contribution in [1.82, 2.24) is 29.6 Å².